The van der Waals surface area contributed by atoms with Crippen LogP contribution in [0.2, 0.25) is 0 Å². The molecule has 2 rings (SSSR count). The molecule has 1 unspecified atom stereocenters. The van der Waals surface area contributed by atoms with Gasteiger partial charge in [-0.05, 0) is 32.2 Å². The monoisotopic (exact) mass is 226 g/mol. The molecular formula is C11H18N2OS. The molecule has 1 aliphatic heterocycles. The van der Waals surface area contributed by atoms with Crippen LogP contribution in [0.4, 0.5) is 0 Å². The summed E-state index contributed by atoms with van der Waals surface area (Å²) in [6, 6.07) is 0.602. The van der Waals surface area contributed by atoms with Gasteiger partial charge in [0.05, 0.1) is 11.6 Å². The van der Waals surface area contributed by atoms with Gasteiger partial charge in [-0.2, -0.15) is 0 Å². The third-order valence-electron chi connectivity index (χ3n) is 2.66. The van der Waals surface area contributed by atoms with E-state index in [2.05, 4.69) is 10.3 Å². The van der Waals surface area contributed by atoms with E-state index in [9.17, 15) is 0 Å². The summed E-state index contributed by atoms with van der Waals surface area (Å²) in [6.07, 6.45) is 6.64. The predicted octanol–water partition coefficient (Wildman–Crippen LogP) is 1.84. The van der Waals surface area contributed by atoms with Gasteiger partial charge in [-0.1, -0.05) is 0 Å². The molecule has 1 aliphatic rings. The van der Waals surface area contributed by atoms with Gasteiger partial charge in [0.2, 0.25) is 0 Å². The summed E-state index contributed by atoms with van der Waals surface area (Å²) >= 11 is 1.75. The lowest BCUT2D eigenvalue weighted by Crippen LogP contribution is -2.29. The second kappa shape index (κ2) is 6.20. The number of aryl methyl sites for hydroxylation is 1. The molecule has 1 aromatic heterocycles. The maximum Gasteiger partial charge on any atom is 0.0924 e. The topological polar surface area (TPSA) is 34.1 Å². The van der Waals surface area contributed by atoms with Crippen molar-refractivity contribution in [3.05, 3.63) is 16.6 Å². The van der Waals surface area contributed by atoms with Crippen LogP contribution < -0.4 is 5.32 Å². The lowest BCUT2D eigenvalue weighted by atomic mass is 10.2. The zero-order chi connectivity index (χ0) is 10.3. The molecule has 2 heterocycles. The van der Waals surface area contributed by atoms with Crippen molar-refractivity contribution in [2.24, 2.45) is 0 Å². The van der Waals surface area contributed by atoms with Gasteiger partial charge in [-0.25, -0.2) is 4.98 Å². The largest absolute Gasteiger partial charge is 0.380 e. The molecule has 3 nitrogen and oxygen atoms in total. The first-order valence-corrected chi connectivity index (χ1v) is 6.52. The maximum absolute atomic E-state index is 5.30. The van der Waals surface area contributed by atoms with Crippen LogP contribution in [0, 0.1) is 0 Å². The molecular weight excluding hydrogens is 208 g/mol. The molecule has 84 valence electrons. The number of nitrogens with zero attached hydrogens (tertiary/aromatic N) is 1. The standard InChI is InChI=1S/C11H18N2OS/c1(3-11-13-6-8-15-11)2-5-12-10-4-7-14-9-10/h6,8,10,12H,1-5,7,9H2. The highest BCUT2D eigenvalue weighted by Gasteiger charge is 2.13. The molecule has 0 saturated carbocycles. The number of unbranched alkanes of at least 4 members (excludes halogenated alkanes) is 1. The number of ether oxygens (including phenoxy) is 1. The Morgan fingerprint density at radius 3 is 3.27 bits per heavy atom. The minimum absolute atomic E-state index is 0.602. The maximum atomic E-state index is 5.30. The van der Waals surface area contributed by atoms with Crippen molar-refractivity contribution >= 4 is 11.3 Å². The zero-order valence-electron chi connectivity index (χ0n) is 8.95. The highest BCUT2D eigenvalue weighted by molar-refractivity contribution is 7.09. The molecule has 0 aromatic carbocycles. The average Bonchev–Trinajstić information content (AvgIpc) is 2.88. The fourth-order valence-electron chi connectivity index (χ4n) is 1.78. The number of rotatable bonds is 6. The van der Waals surface area contributed by atoms with Crippen LogP contribution in [0.15, 0.2) is 11.6 Å². The van der Waals surface area contributed by atoms with Gasteiger partial charge >= 0.3 is 0 Å². The smallest absolute Gasteiger partial charge is 0.0924 e. The van der Waals surface area contributed by atoms with E-state index >= 15 is 0 Å². The minimum atomic E-state index is 0.602. The third kappa shape index (κ3) is 3.89. The van der Waals surface area contributed by atoms with Crippen LogP contribution in [0.3, 0.4) is 0 Å². The Labute approximate surface area is 94.9 Å². The summed E-state index contributed by atoms with van der Waals surface area (Å²) in [6.45, 7) is 2.93. The molecule has 0 radical (unpaired) electrons. The molecule has 1 atom stereocenters. The molecule has 1 saturated heterocycles. The van der Waals surface area contributed by atoms with Crippen molar-refractivity contribution in [3.63, 3.8) is 0 Å². The van der Waals surface area contributed by atoms with Crippen molar-refractivity contribution in [1.29, 1.82) is 0 Å². The van der Waals surface area contributed by atoms with E-state index in [1.165, 1.54) is 24.3 Å². The lowest BCUT2D eigenvalue weighted by Gasteiger charge is -2.09. The number of hydrogen-bond acceptors (Lipinski definition) is 4. The third-order valence-corrected chi connectivity index (χ3v) is 3.50. The van der Waals surface area contributed by atoms with Crippen LogP contribution in [0.5, 0.6) is 0 Å². The SMILES string of the molecule is c1csc(CCCCNC2CCOC2)n1. The highest BCUT2D eigenvalue weighted by atomic mass is 32.1. The summed E-state index contributed by atoms with van der Waals surface area (Å²) < 4.78 is 5.30. The van der Waals surface area contributed by atoms with Crippen molar-refractivity contribution in [1.82, 2.24) is 10.3 Å². The van der Waals surface area contributed by atoms with Crippen LogP contribution >= 0.6 is 11.3 Å². The number of nitrogens with one attached hydrogen (secondary N) is 1. The van der Waals surface area contributed by atoms with E-state index in [1.807, 2.05) is 11.6 Å². The zero-order valence-corrected chi connectivity index (χ0v) is 9.76. The Balaban J connectivity index is 1.48. The summed E-state index contributed by atoms with van der Waals surface area (Å²) in [7, 11) is 0. The summed E-state index contributed by atoms with van der Waals surface area (Å²) in [5, 5.41) is 6.83. The van der Waals surface area contributed by atoms with Crippen molar-refractivity contribution in [2.45, 2.75) is 31.7 Å². The van der Waals surface area contributed by atoms with Gasteiger partial charge in [0, 0.05) is 24.2 Å². The van der Waals surface area contributed by atoms with Crippen molar-refractivity contribution < 1.29 is 4.74 Å². The Hall–Kier alpha value is -0.450. The molecule has 1 fully saturated rings. The number of hydrogen-bond donors (Lipinski definition) is 1. The molecule has 0 aliphatic carbocycles. The van der Waals surface area contributed by atoms with Gasteiger partial charge in [-0.3, -0.25) is 0 Å². The summed E-state index contributed by atoms with van der Waals surface area (Å²) in [4.78, 5) is 4.27. The first-order valence-electron chi connectivity index (χ1n) is 5.64. The Bertz CT molecular complexity index is 258. The fourth-order valence-corrected chi connectivity index (χ4v) is 2.44. The van der Waals surface area contributed by atoms with Gasteiger partial charge < -0.3 is 10.1 Å². The normalized spacial score (nSPS) is 20.9. The van der Waals surface area contributed by atoms with E-state index in [4.69, 9.17) is 4.74 Å². The van der Waals surface area contributed by atoms with Crippen molar-refractivity contribution in [3.8, 4) is 0 Å². The second-order valence-electron chi connectivity index (χ2n) is 3.90. The van der Waals surface area contributed by atoms with Gasteiger partial charge in [0.15, 0.2) is 0 Å². The van der Waals surface area contributed by atoms with E-state index in [0.717, 1.165) is 26.2 Å². The Kier molecular flexibility index (Phi) is 4.57. The van der Waals surface area contributed by atoms with Crippen LogP contribution in [0.1, 0.15) is 24.3 Å². The number of thiazole rings is 1. The molecule has 0 amide bonds. The minimum Gasteiger partial charge on any atom is -0.380 e. The molecule has 1 aromatic rings. The Morgan fingerprint density at radius 1 is 1.53 bits per heavy atom. The molecule has 4 heteroatoms. The lowest BCUT2D eigenvalue weighted by molar-refractivity contribution is 0.190. The van der Waals surface area contributed by atoms with E-state index in [-0.39, 0.29) is 0 Å². The van der Waals surface area contributed by atoms with Gasteiger partial charge in [0.1, 0.15) is 0 Å². The van der Waals surface area contributed by atoms with E-state index < -0.39 is 0 Å². The first-order chi connectivity index (χ1) is 7.45. The second-order valence-corrected chi connectivity index (χ2v) is 4.88. The van der Waals surface area contributed by atoms with Crippen LogP contribution in [-0.2, 0) is 11.2 Å². The molecule has 15 heavy (non-hydrogen) atoms. The quantitative estimate of drug-likeness (QED) is 0.752. The summed E-state index contributed by atoms with van der Waals surface area (Å²) in [5.41, 5.74) is 0. The first kappa shape index (κ1) is 11.0. The van der Waals surface area contributed by atoms with Gasteiger partial charge in [-0.15, -0.1) is 11.3 Å². The average molecular weight is 226 g/mol. The molecule has 0 bridgehead atoms. The molecule has 1 N–H and O–H groups in total. The predicted molar refractivity (Wildman–Crippen MR) is 62.3 cm³/mol. The van der Waals surface area contributed by atoms with Crippen molar-refractivity contribution in [2.75, 3.05) is 19.8 Å². The Morgan fingerprint density at radius 2 is 2.53 bits per heavy atom. The fraction of sp³-hybridized carbons (Fsp3) is 0.727. The number of aromatic nitrogens is 1. The van der Waals surface area contributed by atoms with Gasteiger partial charge in [0.25, 0.3) is 0 Å². The van der Waals surface area contributed by atoms with E-state index in [0.29, 0.717) is 6.04 Å². The summed E-state index contributed by atoms with van der Waals surface area (Å²) in [5.74, 6) is 0. The highest BCUT2D eigenvalue weighted by Crippen LogP contribution is 2.08. The van der Waals surface area contributed by atoms with Crippen LogP contribution in [0.25, 0.3) is 0 Å². The molecule has 0 spiro atoms. The van der Waals surface area contributed by atoms with E-state index in [1.54, 1.807) is 11.3 Å². The van der Waals surface area contributed by atoms with Crippen LogP contribution in [-0.4, -0.2) is 30.8 Å².